The van der Waals surface area contributed by atoms with E-state index >= 15 is 0 Å². The number of amides is 1. The number of rotatable bonds is 4. The molecule has 0 N–H and O–H groups in total. The molecule has 1 fully saturated rings. The summed E-state index contributed by atoms with van der Waals surface area (Å²) in [5.41, 5.74) is 2.94. The van der Waals surface area contributed by atoms with Crippen LogP contribution in [-0.2, 0) is 6.54 Å². The van der Waals surface area contributed by atoms with Crippen molar-refractivity contribution < 1.29 is 9.21 Å². The standard InChI is InChI=1S/C24H21N5O2S/c30-24(20-9-8-19(31-20)23-26-18-5-1-2-6-21(18)32-23)28-13-11-27(12-14-28)15-17-16-29-10-4-3-7-22(29)25-17/h1-10,16H,11-15H2. The van der Waals surface area contributed by atoms with Crippen LogP contribution >= 0.6 is 11.3 Å². The molecule has 7 nitrogen and oxygen atoms in total. The number of hydrogen-bond donors (Lipinski definition) is 0. The molecule has 160 valence electrons. The zero-order valence-corrected chi connectivity index (χ0v) is 18.2. The summed E-state index contributed by atoms with van der Waals surface area (Å²) >= 11 is 1.57. The summed E-state index contributed by atoms with van der Waals surface area (Å²) in [4.78, 5) is 26.5. The number of pyridine rings is 1. The molecule has 4 aromatic heterocycles. The maximum absolute atomic E-state index is 13.0. The molecule has 0 aliphatic carbocycles. The number of fused-ring (bicyclic) bond motifs is 2. The quantitative estimate of drug-likeness (QED) is 0.417. The van der Waals surface area contributed by atoms with Gasteiger partial charge in [-0.3, -0.25) is 9.69 Å². The minimum absolute atomic E-state index is 0.0651. The summed E-state index contributed by atoms with van der Waals surface area (Å²) in [6, 6.07) is 17.6. The number of aromatic nitrogens is 3. The fourth-order valence-corrected chi connectivity index (χ4v) is 5.03. The van der Waals surface area contributed by atoms with E-state index in [1.54, 1.807) is 17.4 Å². The lowest BCUT2D eigenvalue weighted by atomic mass is 10.2. The van der Waals surface area contributed by atoms with E-state index in [0.29, 0.717) is 24.6 Å². The van der Waals surface area contributed by atoms with E-state index in [9.17, 15) is 4.79 Å². The van der Waals surface area contributed by atoms with E-state index in [1.807, 2.05) is 64.0 Å². The zero-order valence-electron chi connectivity index (χ0n) is 17.3. The van der Waals surface area contributed by atoms with Gasteiger partial charge in [-0.25, -0.2) is 9.97 Å². The van der Waals surface area contributed by atoms with Gasteiger partial charge in [-0.2, -0.15) is 0 Å². The average Bonchev–Trinajstić information content (AvgIpc) is 3.56. The maximum Gasteiger partial charge on any atom is 0.289 e. The van der Waals surface area contributed by atoms with Gasteiger partial charge in [0.2, 0.25) is 0 Å². The molecule has 0 atom stereocenters. The first-order valence-electron chi connectivity index (χ1n) is 10.6. The molecule has 0 bridgehead atoms. The van der Waals surface area contributed by atoms with Gasteiger partial charge in [0.15, 0.2) is 16.5 Å². The monoisotopic (exact) mass is 443 g/mol. The lowest BCUT2D eigenvalue weighted by Gasteiger charge is -2.33. The Labute approximate surface area is 188 Å². The first-order chi connectivity index (χ1) is 15.7. The first-order valence-corrected chi connectivity index (χ1v) is 11.4. The molecule has 0 spiro atoms. The topological polar surface area (TPSA) is 66.9 Å². The van der Waals surface area contributed by atoms with Gasteiger partial charge < -0.3 is 13.7 Å². The molecule has 1 aliphatic rings. The number of carbonyl (C=O) groups excluding carboxylic acids is 1. The van der Waals surface area contributed by atoms with Crippen molar-refractivity contribution in [1.82, 2.24) is 24.2 Å². The van der Waals surface area contributed by atoms with Crippen molar-refractivity contribution >= 4 is 33.1 Å². The Morgan fingerprint density at radius 2 is 1.81 bits per heavy atom. The van der Waals surface area contributed by atoms with E-state index < -0.39 is 0 Å². The SMILES string of the molecule is O=C(c1ccc(-c2nc3ccccc3s2)o1)N1CCN(Cc2cn3ccccc3n2)CC1. The summed E-state index contributed by atoms with van der Waals surface area (Å²) in [6.07, 6.45) is 4.08. The first kappa shape index (κ1) is 19.2. The number of imidazole rings is 1. The Kier molecular flexibility index (Phi) is 4.74. The molecule has 1 aliphatic heterocycles. The second kappa shape index (κ2) is 7.89. The largest absolute Gasteiger partial charge is 0.448 e. The Bertz CT molecular complexity index is 1340. The van der Waals surface area contributed by atoms with Crippen LogP contribution in [0.15, 0.2) is 71.4 Å². The lowest BCUT2D eigenvalue weighted by molar-refractivity contribution is 0.0597. The number of benzene rings is 1. The van der Waals surface area contributed by atoms with E-state index in [2.05, 4.69) is 21.1 Å². The second-order valence-corrected chi connectivity index (χ2v) is 8.95. The highest BCUT2D eigenvalue weighted by Gasteiger charge is 2.25. The van der Waals surface area contributed by atoms with Crippen LogP contribution in [0.5, 0.6) is 0 Å². The highest BCUT2D eigenvalue weighted by molar-refractivity contribution is 7.21. The fourth-order valence-electron chi connectivity index (χ4n) is 4.10. The zero-order chi connectivity index (χ0) is 21.5. The van der Waals surface area contributed by atoms with Crippen LogP contribution in [0.25, 0.3) is 26.6 Å². The number of thiazole rings is 1. The van der Waals surface area contributed by atoms with Crippen LogP contribution in [0.2, 0.25) is 0 Å². The fraction of sp³-hybridized carbons (Fsp3) is 0.208. The molecular formula is C24H21N5O2S. The summed E-state index contributed by atoms with van der Waals surface area (Å²) in [7, 11) is 0. The number of hydrogen-bond acceptors (Lipinski definition) is 6. The van der Waals surface area contributed by atoms with Gasteiger partial charge in [0, 0.05) is 45.1 Å². The number of nitrogens with zero attached hydrogens (tertiary/aromatic N) is 5. The molecule has 0 saturated carbocycles. The number of furan rings is 1. The van der Waals surface area contributed by atoms with Crippen molar-refractivity contribution in [2.75, 3.05) is 26.2 Å². The summed E-state index contributed by atoms with van der Waals surface area (Å²) in [6.45, 7) is 3.75. The van der Waals surface area contributed by atoms with Crippen molar-refractivity contribution in [2.45, 2.75) is 6.54 Å². The van der Waals surface area contributed by atoms with Gasteiger partial charge in [-0.15, -0.1) is 11.3 Å². The lowest BCUT2D eigenvalue weighted by Crippen LogP contribution is -2.48. The van der Waals surface area contributed by atoms with Crippen LogP contribution in [0, 0.1) is 0 Å². The molecule has 1 aromatic carbocycles. The third-order valence-electron chi connectivity index (χ3n) is 5.78. The number of piperazine rings is 1. The molecular weight excluding hydrogens is 422 g/mol. The molecule has 0 unspecified atom stereocenters. The maximum atomic E-state index is 13.0. The van der Waals surface area contributed by atoms with Crippen molar-refractivity contribution in [2.24, 2.45) is 0 Å². The Hall–Kier alpha value is -3.49. The van der Waals surface area contributed by atoms with Gasteiger partial charge in [-0.05, 0) is 36.4 Å². The highest BCUT2D eigenvalue weighted by Crippen LogP contribution is 2.31. The van der Waals surface area contributed by atoms with Crippen LogP contribution in [0.3, 0.4) is 0 Å². The summed E-state index contributed by atoms with van der Waals surface area (Å²) in [5, 5.41) is 0.794. The van der Waals surface area contributed by atoms with Gasteiger partial charge in [0.25, 0.3) is 5.91 Å². The van der Waals surface area contributed by atoms with E-state index in [1.165, 1.54) is 0 Å². The minimum atomic E-state index is -0.0651. The summed E-state index contributed by atoms with van der Waals surface area (Å²) < 4.78 is 9.04. The van der Waals surface area contributed by atoms with Gasteiger partial charge in [0.05, 0.1) is 15.9 Å². The molecule has 8 heteroatoms. The van der Waals surface area contributed by atoms with E-state index in [4.69, 9.17) is 4.42 Å². The van der Waals surface area contributed by atoms with E-state index in [0.717, 1.165) is 46.2 Å². The normalized spacial score (nSPS) is 15.1. The van der Waals surface area contributed by atoms with Crippen molar-refractivity contribution in [3.8, 4) is 10.8 Å². The van der Waals surface area contributed by atoms with Crippen molar-refractivity contribution in [3.63, 3.8) is 0 Å². The van der Waals surface area contributed by atoms with Crippen LogP contribution < -0.4 is 0 Å². The third kappa shape index (κ3) is 3.57. The predicted octanol–water partition coefficient (Wildman–Crippen LogP) is 4.16. The Morgan fingerprint density at radius 1 is 0.969 bits per heavy atom. The number of para-hydroxylation sites is 1. The molecule has 1 amide bonds. The Morgan fingerprint density at radius 3 is 2.66 bits per heavy atom. The van der Waals surface area contributed by atoms with Crippen LogP contribution in [0.1, 0.15) is 16.2 Å². The molecule has 32 heavy (non-hydrogen) atoms. The average molecular weight is 444 g/mol. The molecule has 5 heterocycles. The molecule has 0 radical (unpaired) electrons. The van der Waals surface area contributed by atoms with Gasteiger partial charge >= 0.3 is 0 Å². The highest BCUT2D eigenvalue weighted by atomic mass is 32.1. The van der Waals surface area contributed by atoms with Crippen LogP contribution in [-0.4, -0.2) is 56.3 Å². The van der Waals surface area contributed by atoms with Crippen LogP contribution in [0.4, 0.5) is 0 Å². The minimum Gasteiger partial charge on any atom is -0.448 e. The van der Waals surface area contributed by atoms with E-state index in [-0.39, 0.29) is 5.91 Å². The van der Waals surface area contributed by atoms with Gasteiger partial charge in [-0.1, -0.05) is 18.2 Å². The molecule has 6 rings (SSSR count). The van der Waals surface area contributed by atoms with Crippen molar-refractivity contribution in [3.05, 3.63) is 78.4 Å². The van der Waals surface area contributed by atoms with Crippen molar-refractivity contribution in [1.29, 1.82) is 0 Å². The summed E-state index contributed by atoms with van der Waals surface area (Å²) in [5.74, 6) is 0.942. The number of carbonyl (C=O) groups is 1. The van der Waals surface area contributed by atoms with Gasteiger partial charge in [0.1, 0.15) is 5.65 Å². The molecule has 1 saturated heterocycles. The Balaban J connectivity index is 1.10. The third-order valence-corrected chi connectivity index (χ3v) is 6.83. The smallest absolute Gasteiger partial charge is 0.289 e. The predicted molar refractivity (Wildman–Crippen MR) is 124 cm³/mol. The molecule has 5 aromatic rings. The second-order valence-electron chi connectivity index (χ2n) is 7.92.